The third kappa shape index (κ3) is 3.60. The summed E-state index contributed by atoms with van der Waals surface area (Å²) in [4.78, 5) is 10.3. The molecule has 18 heavy (non-hydrogen) atoms. The second-order valence-corrected chi connectivity index (χ2v) is 5.88. The molecule has 0 aliphatic carbocycles. The van der Waals surface area contributed by atoms with Gasteiger partial charge in [-0.1, -0.05) is 11.6 Å². The molecule has 1 atom stereocenters. The number of nitro benzene ring substituents is 1. The van der Waals surface area contributed by atoms with Gasteiger partial charge < -0.3 is 5.32 Å². The van der Waals surface area contributed by atoms with Gasteiger partial charge in [0.15, 0.2) is 0 Å². The van der Waals surface area contributed by atoms with Crippen LogP contribution in [0.25, 0.3) is 0 Å². The molecule has 0 amide bonds. The summed E-state index contributed by atoms with van der Waals surface area (Å²) < 4.78 is 0. The fraction of sp³-hybridized carbons (Fsp3) is 0.500. The van der Waals surface area contributed by atoms with E-state index in [1.807, 2.05) is 11.8 Å². The van der Waals surface area contributed by atoms with Gasteiger partial charge in [-0.25, -0.2) is 0 Å². The number of nitrogens with zero attached hydrogens (tertiary/aromatic N) is 1. The summed E-state index contributed by atoms with van der Waals surface area (Å²) in [5.74, 6) is 2.34. The second-order valence-electron chi connectivity index (χ2n) is 4.33. The average Bonchev–Trinajstić information content (AvgIpc) is 2.38. The molecule has 0 bridgehead atoms. The summed E-state index contributed by atoms with van der Waals surface area (Å²) in [5.41, 5.74) is 0.885. The Morgan fingerprint density at radius 3 is 3.06 bits per heavy atom. The van der Waals surface area contributed by atoms with Gasteiger partial charge in [-0.3, -0.25) is 10.1 Å². The van der Waals surface area contributed by atoms with Gasteiger partial charge in [-0.2, -0.15) is 11.8 Å². The summed E-state index contributed by atoms with van der Waals surface area (Å²) in [5, 5.41) is 14.7. The molecule has 0 spiro atoms. The molecular formula is C12H15ClN2O2S. The summed E-state index contributed by atoms with van der Waals surface area (Å²) in [6.07, 6.45) is 2.39. The zero-order valence-electron chi connectivity index (χ0n) is 9.89. The van der Waals surface area contributed by atoms with Gasteiger partial charge in [0.25, 0.3) is 5.69 Å². The number of hydrogen-bond acceptors (Lipinski definition) is 4. The topological polar surface area (TPSA) is 55.2 Å². The predicted octanol–water partition coefficient (Wildman–Crippen LogP) is 3.23. The van der Waals surface area contributed by atoms with Crippen LogP contribution in [-0.4, -0.2) is 22.5 Å². The Balaban J connectivity index is 1.99. The molecule has 0 radical (unpaired) electrons. The van der Waals surface area contributed by atoms with Crippen LogP contribution in [0.5, 0.6) is 0 Å². The predicted molar refractivity (Wildman–Crippen MR) is 75.3 cm³/mol. The van der Waals surface area contributed by atoms with E-state index in [9.17, 15) is 10.1 Å². The van der Waals surface area contributed by atoms with Gasteiger partial charge in [-0.05, 0) is 30.2 Å². The highest BCUT2D eigenvalue weighted by Crippen LogP contribution is 2.23. The molecule has 1 N–H and O–H groups in total. The maximum Gasteiger partial charge on any atom is 0.269 e. The van der Waals surface area contributed by atoms with Crippen LogP contribution in [0.2, 0.25) is 5.02 Å². The van der Waals surface area contributed by atoms with E-state index in [-0.39, 0.29) is 5.69 Å². The van der Waals surface area contributed by atoms with Crippen molar-refractivity contribution < 1.29 is 4.92 Å². The van der Waals surface area contributed by atoms with Gasteiger partial charge in [-0.15, -0.1) is 0 Å². The number of benzene rings is 1. The molecule has 1 aliphatic rings. The Labute approximate surface area is 115 Å². The van der Waals surface area contributed by atoms with Gasteiger partial charge in [0, 0.05) is 35.5 Å². The quantitative estimate of drug-likeness (QED) is 0.682. The van der Waals surface area contributed by atoms with Crippen molar-refractivity contribution in [1.82, 2.24) is 5.32 Å². The molecule has 0 saturated carbocycles. The van der Waals surface area contributed by atoms with Crippen molar-refractivity contribution in [3.05, 3.63) is 38.9 Å². The van der Waals surface area contributed by atoms with Crippen LogP contribution >= 0.6 is 23.4 Å². The second kappa shape index (κ2) is 6.41. The third-order valence-electron chi connectivity index (χ3n) is 2.98. The Bertz CT molecular complexity index is 436. The number of nitro groups is 1. The van der Waals surface area contributed by atoms with Crippen molar-refractivity contribution in [1.29, 1.82) is 0 Å². The lowest BCUT2D eigenvalue weighted by Gasteiger charge is -2.22. The minimum Gasteiger partial charge on any atom is -0.309 e. The van der Waals surface area contributed by atoms with Gasteiger partial charge in [0.05, 0.1) is 4.92 Å². The first-order valence-corrected chi connectivity index (χ1v) is 7.44. The lowest BCUT2D eigenvalue weighted by molar-refractivity contribution is -0.384. The zero-order valence-corrected chi connectivity index (χ0v) is 11.5. The van der Waals surface area contributed by atoms with E-state index in [0.29, 0.717) is 17.6 Å². The van der Waals surface area contributed by atoms with E-state index in [1.165, 1.54) is 24.7 Å². The molecule has 1 heterocycles. The van der Waals surface area contributed by atoms with Crippen molar-refractivity contribution in [2.24, 2.45) is 0 Å². The van der Waals surface area contributed by atoms with Crippen LogP contribution in [0.15, 0.2) is 18.2 Å². The molecule has 6 heteroatoms. The van der Waals surface area contributed by atoms with Crippen LogP contribution in [-0.2, 0) is 6.54 Å². The molecule has 1 fully saturated rings. The highest BCUT2D eigenvalue weighted by Gasteiger charge is 2.15. The van der Waals surface area contributed by atoms with Crippen LogP contribution in [0.3, 0.4) is 0 Å². The zero-order chi connectivity index (χ0) is 13.0. The number of thioether (sulfide) groups is 1. The molecular weight excluding hydrogens is 272 g/mol. The van der Waals surface area contributed by atoms with Crippen molar-refractivity contribution in [2.45, 2.75) is 25.4 Å². The lowest BCUT2D eigenvalue weighted by atomic mass is 10.1. The largest absolute Gasteiger partial charge is 0.309 e. The van der Waals surface area contributed by atoms with E-state index >= 15 is 0 Å². The number of nitrogens with one attached hydrogen (secondary N) is 1. The fourth-order valence-electron chi connectivity index (χ4n) is 1.97. The van der Waals surface area contributed by atoms with Gasteiger partial charge in [0.2, 0.25) is 0 Å². The number of halogens is 1. The Kier molecular flexibility index (Phi) is 4.86. The smallest absolute Gasteiger partial charge is 0.269 e. The first kappa shape index (κ1) is 13.6. The van der Waals surface area contributed by atoms with E-state index in [2.05, 4.69) is 5.32 Å². The normalized spacial score (nSPS) is 19.7. The molecule has 1 unspecified atom stereocenters. The van der Waals surface area contributed by atoms with Crippen LogP contribution in [0, 0.1) is 10.1 Å². The standard InChI is InChI=1S/C12H15ClN2O2S/c13-12-4-3-11(15(16)17)6-9(12)7-14-10-2-1-5-18-8-10/h3-4,6,10,14H,1-2,5,7-8H2. The number of non-ortho nitro benzene ring substituents is 1. The maximum atomic E-state index is 10.7. The minimum atomic E-state index is -0.393. The maximum absolute atomic E-state index is 10.7. The molecule has 4 nitrogen and oxygen atoms in total. The third-order valence-corrected chi connectivity index (χ3v) is 4.57. The number of hydrogen-bond donors (Lipinski definition) is 1. The molecule has 0 aromatic heterocycles. The summed E-state index contributed by atoms with van der Waals surface area (Å²) in [6.45, 7) is 0.589. The van der Waals surface area contributed by atoms with E-state index in [4.69, 9.17) is 11.6 Å². The van der Waals surface area contributed by atoms with Crippen molar-refractivity contribution in [3.8, 4) is 0 Å². The number of rotatable bonds is 4. The Hall–Kier alpha value is -0.780. The molecule has 1 aromatic rings. The SMILES string of the molecule is O=[N+]([O-])c1ccc(Cl)c(CNC2CCCSC2)c1. The highest BCUT2D eigenvalue weighted by atomic mass is 35.5. The van der Waals surface area contributed by atoms with E-state index in [1.54, 1.807) is 12.1 Å². The average molecular weight is 287 g/mol. The van der Waals surface area contributed by atoms with Crippen molar-refractivity contribution in [3.63, 3.8) is 0 Å². The molecule has 2 rings (SSSR count). The summed E-state index contributed by atoms with van der Waals surface area (Å²) >= 11 is 8.00. The van der Waals surface area contributed by atoms with E-state index in [0.717, 1.165) is 11.3 Å². The van der Waals surface area contributed by atoms with Gasteiger partial charge in [0.1, 0.15) is 0 Å². The van der Waals surface area contributed by atoms with Crippen molar-refractivity contribution >= 4 is 29.1 Å². The Morgan fingerprint density at radius 2 is 2.39 bits per heavy atom. The van der Waals surface area contributed by atoms with Crippen molar-refractivity contribution in [2.75, 3.05) is 11.5 Å². The summed E-state index contributed by atoms with van der Waals surface area (Å²) in [7, 11) is 0. The highest BCUT2D eigenvalue weighted by molar-refractivity contribution is 7.99. The van der Waals surface area contributed by atoms with Crippen LogP contribution < -0.4 is 5.32 Å². The minimum absolute atomic E-state index is 0.0919. The summed E-state index contributed by atoms with van der Waals surface area (Å²) in [6, 6.07) is 5.05. The first-order valence-electron chi connectivity index (χ1n) is 5.91. The lowest BCUT2D eigenvalue weighted by Crippen LogP contribution is -2.33. The van der Waals surface area contributed by atoms with Gasteiger partial charge >= 0.3 is 0 Å². The molecule has 98 valence electrons. The van der Waals surface area contributed by atoms with E-state index < -0.39 is 4.92 Å². The Morgan fingerprint density at radius 1 is 1.56 bits per heavy atom. The molecule has 1 saturated heterocycles. The van der Waals surface area contributed by atoms with Crippen LogP contribution in [0.4, 0.5) is 5.69 Å². The monoisotopic (exact) mass is 286 g/mol. The molecule has 1 aromatic carbocycles. The first-order chi connectivity index (χ1) is 8.66. The molecule has 1 aliphatic heterocycles. The fourth-order valence-corrected chi connectivity index (χ4v) is 3.26. The van der Waals surface area contributed by atoms with Crippen LogP contribution in [0.1, 0.15) is 18.4 Å².